The molecule has 1 N–H and O–H groups in total. The minimum atomic E-state index is -4.43. The number of benzene rings is 1. The van der Waals surface area contributed by atoms with Crippen LogP contribution in [-0.2, 0) is 0 Å². The van der Waals surface area contributed by atoms with Crippen LogP contribution in [0.2, 0.25) is 10.0 Å². The summed E-state index contributed by atoms with van der Waals surface area (Å²) < 4.78 is 36.5. The van der Waals surface area contributed by atoms with Gasteiger partial charge >= 0.3 is 6.18 Å². The van der Waals surface area contributed by atoms with E-state index in [0.717, 1.165) is 19.1 Å². The minimum absolute atomic E-state index is 0.237. The summed E-state index contributed by atoms with van der Waals surface area (Å²) in [6.07, 6.45) is -5.65. The molecule has 0 saturated carbocycles. The van der Waals surface area contributed by atoms with Gasteiger partial charge in [0, 0.05) is 17.7 Å². The first-order valence-corrected chi connectivity index (χ1v) is 6.28. The number of carbonyl (C=O) groups is 1. The first-order chi connectivity index (χ1) is 9.51. The molecule has 10 heteroatoms. The van der Waals surface area contributed by atoms with Crippen LogP contribution in [0.15, 0.2) is 12.1 Å². The maximum atomic E-state index is 12.2. The number of hydrogen-bond donors (Lipinski definition) is 1. The molecule has 0 bridgehead atoms. The number of nitro benzene ring substituents is 1. The smallest absolute Gasteiger partial charge is 0.349 e. The Kier molecular flexibility index (Phi) is 5.41. The first kappa shape index (κ1) is 17.5. The van der Waals surface area contributed by atoms with Crippen LogP contribution in [0, 0.1) is 10.1 Å². The van der Waals surface area contributed by atoms with Crippen LogP contribution >= 0.6 is 23.2 Å². The van der Waals surface area contributed by atoms with E-state index >= 15 is 0 Å². The molecule has 21 heavy (non-hydrogen) atoms. The topological polar surface area (TPSA) is 72.2 Å². The van der Waals surface area contributed by atoms with Gasteiger partial charge in [-0.2, -0.15) is 13.2 Å². The molecule has 1 aromatic rings. The van der Waals surface area contributed by atoms with E-state index < -0.39 is 35.2 Å². The van der Waals surface area contributed by atoms with Crippen molar-refractivity contribution in [1.82, 2.24) is 5.32 Å². The lowest BCUT2D eigenvalue weighted by molar-refractivity contribution is -0.384. The third-order valence-corrected chi connectivity index (χ3v) is 3.18. The zero-order valence-electron chi connectivity index (χ0n) is 10.5. The number of nitrogens with zero attached hydrogens (tertiary/aromatic N) is 1. The van der Waals surface area contributed by atoms with E-state index in [1.54, 1.807) is 0 Å². The fraction of sp³-hybridized carbons (Fsp3) is 0.364. The normalized spacial score (nSPS) is 12.9. The standard InChI is InChI=1S/C11H9Cl2F3N2O3/c1-5(4-11(14,15)16)17-10(19)6-2-7(12)9(13)8(3-6)18(20)21/h2-3,5H,4H2,1H3,(H,17,19). The second kappa shape index (κ2) is 6.48. The van der Waals surface area contributed by atoms with E-state index in [1.807, 2.05) is 0 Å². The number of hydrogen-bond acceptors (Lipinski definition) is 3. The molecule has 1 unspecified atom stereocenters. The summed E-state index contributed by atoms with van der Waals surface area (Å²) in [5, 5.41) is 12.2. The minimum Gasteiger partial charge on any atom is -0.349 e. The third-order valence-electron chi connectivity index (χ3n) is 2.38. The monoisotopic (exact) mass is 344 g/mol. The molecule has 0 fully saturated rings. The average molecular weight is 345 g/mol. The van der Waals surface area contributed by atoms with Crippen LogP contribution < -0.4 is 5.32 Å². The van der Waals surface area contributed by atoms with Crippen LogP contribution in [0.4, 0.5) is 18.9 Å². The predicted molar refractivity (Wildman–Crippen MR) is 70.7 cm³/mol. The zero-order valence-corrected chi connectivity index (χ0v) is 12.0. The molecule has 0 saturated heterocycles. The molecule has 0 aliphatic heterocycles. The van der Waals surface area contributed by atoms with Gasteiger partial charge in [0.25, 0.3) is 11.6 Å². The van der Waals surface area contributed by atoms with Crippen LogP contribution in [0.5, 0.6) is 0 Å². The second-order valence-electron chi connectivity index (χ2n) is 4.24. The number of rotatable bonds is 4. The van der Waals surface area contributed by atoms with Crippen molar-refractivity contribution < 1.29 is 22.9 Å². The summed E-state index contributed by atoms with van der Waals surface area (Å²) in [6.45, 7) is 1.16. The number of carbonyl (C=O) groups excluding carboxylic acids is 1. The van der Waals surface area contributed by atoms with Gasteiger partial charge in [-0.05, 0) is 13.0 Å². The fourth-order valence-corrected chi connectivity index (χ4v) is 1.94. The molecule has 0 radical (unpaired) electrons. The van der Waals surface area contributed by atoms with Gasteiger partial charge < -0.3 is 5.32 Å². The Labute approximate surface area is 127 Å². The van der Waals surface area contributed by atoms with E-state index in [4.69, 9.17) is 23.2 Å². The van der Waals surface area contributed by atoms with Crippen molar-refractivity contribution >= 4 is 34.8 Å². The lowest BCUT2D eigenvalue weighted by Gasteiger charge is -2.16. The molecular formula is C11H9Cl2F3N2O3. The van der Waals surface area contributed by atoms with Crippen LogP contribution in [-0.4, -0.2) is 23.0 Å². The summed E-state index contributed by atoms with van der Waals surface area (Å²) in [6, 6.07) is 0.710. The molecule has 1 atom stereocenters. The Morgan fingerprint density at radius 2 is 2.00 bits per heavy atom. The number of nitrogens with one attached hydrogen (secondary N) is 1. The van der Waals surface area contributed by atoms with Crippen molar-refractivity contribution in [3.63, 3.8) is 0 Å². The van der Waals surface area contributed by atoms with Crippen LogP contribution in [0.3, 0.4) is 0 Å². The highest BCUT2D eigenvalue weighted by molar-refractivity contribution is 6.43. The Morgan fingerprint density at radius 3 is 2.48 bits per heavy atom. The molecule has 0 heterocycles. The molecule has 0 aliphatic carbocycles. The van der Waals surface area contributed by atoms with E-state index in [9.17, 15) is 28.1 Å². The molecule has 116 valence electrons. The molecule has 1 rings (SSSR count). The Balaban J connectivity index is 2.96. The number of alkyl halides is 3. The lowest BCUT2D eigenvalue weighted by Crippen LogP contribution is -2.36. The molecule has 0 aromatic heterocycles. The highest BCUT2D eigenvalue weighted by atomic mass is 35.5. The molecule has 1 amide bonds. The molecule has 5 nitrogen and oxygen atoms in total. The van der Waals surface area contributed by atoms with Crippen LogP contribution in [0.1, 0.15) is 23.7 Å². The van der Waals surface area contributed by atoms with Crippen molar-refractivity contribution in [1.29, 1.82) is 0 Å². The maximum Gasteiger partial charge on any atom is 0.391 e. The van der Waals surface area contributed by atoms with Gasteiger partial charge in [0.15, 0.2) is 0 Å². The molecule has 0 aliphatic rings. The van der Waals surface area contributed by atoms with E-state index in [2.05, 4.69) is 5.32 Å². The van der Waals surface area contributed by atoms with Crippen molar-refractivity contribution in [2.45, 2.75) is 25.6 Å². The lowest BCUT2D eigenvalue weighted by atomic mass is 10.1. The van der Waals surface area contributed by atoms with Crippen LogP contribution in [0.25, 0.3) is 0 Å². The Hall–Kier alpha value is -1.54. The van der Waals surface area contributed by atoms with E-state index in [-0.39, 0.29) is 15.6 Å². The number of amides is 1. The first-order valence-electron chi connectivity index (χ1n) is 5.52. The van der Waals surface area contributed by atoms with Crippen molar-refractivity contribution in [3.8, 4) is 0 Å². The summed E-state index contributed by atoms with van der Waals surface area (Å²) in [4.78, 5) is 21.7. The second-order valence-corrected chi connectivity index (χ2v) is 5.03. The average Bonchev–Trinajstić information content (AvgIpc) is 2.29. The van der Waals surface area contributed by atoms with Crippen molar-refractivity contribution in [2.75, 3.05) is 0 Å². The summed E-state index contributed by atoms with van der Waals surface area (Å²) in [5.74, 6) is -0.909. The van der Waals surface area contributed by atoms with Gasteiger partial charge in [-0.15, -0.1) is 0 Å². The van der Waals surface area contributed by atoms with Gasteiger partial charge in [0.05, 0.1) is 16.4 Å². The highest BCUT2D eigenvalue weighted by Crippen LogP contribution is 2.33. The van der Waals surface area contributed by atoms with E-state index in [0.29, 0.717) is 0 Å². The molecule has 1 aromatic carbocycles. The summed E-state index contributed by atoms with van der Waals surface area (Å²) >= 11 is 11.3. The molecule has 0 spiro atoms. The van der Waals surface area contributed by atoms with Gasteiger partial charge in [-0.25, -0.2) is 0 Å². The van der Waals surface area contributed by atoms with Crippen molar-refractivity contribution in [3.05, 3.63) is 37.9 Å². The highest BCUT2D eigenvalue weighted by Gasteiger charge is 2.31. The zero-order chi connectivity index (χ0) is 16.4. The largest absolute Gasteiger partial charge is 0.391 e. The third kappa shape index (κ3) is 5.05. The van der Waals surface area contributed by atoms with Gasteiger partial charge in [-0.1, -0.05) is 23.2 Å². The summed E-state index contributed by atoms with van der Waals surface area (Å²) in [7, 11) is 0. The predicted octanol–water partition coefficient (Wildman–Crippen LogP) is 3.97. The van der Waals surface area contributed by atoms with Gasteiger partial charge in [0.1, 0.15) is 5.02 Å². The Bertz CT molecular complexity index is 579. The molecular weight excluding hydrogens is 336 g/mol. The van der Waals surface area contributed by atoms with E-state index in [1.165, 1.54) is 0 Å². The van der Waals surface area contributed by atoms with Crippen molar-refractivity contribution in [2.24, 2.45) is 0 Å². The van der Waals surface area contributed by atoms with Gasteiger partial charge in [-0.3, -0.25) is 14.9 Å². The quantitative estimate of drug-likeness (QED) is 0.663. The fourth-order valence-electron chi connectivity index (χ4n) is 1.54. The number of halogens is 5. The van der Waals surface area contributed by atoms with Gasteiger partial charge in [0.2, 0.25) is 0 Å². The number of nitro groups is 1. The SMILES string of the molecule is CC(CC(F)(F)F)NC(=O)c1cc(Cl)c(Cl)c([N+](=O)[O-])c1. The Morgan fingerprint density at radius 1 is 1.43 bits per heavy atom. The summed E-state index contributed by atoms with van der Waals surface area (Å²) in [5.41, 5.74) is -0.845. The maximum absolute atomic E-state index is 12.2.